The highest BCUT2D eigenvalue weighted by Crippen LogP contribution is 2.25. The molecule has 2 aromatic rings. The molecule has 1 heterocycles. The lowest BCUT2D eigenvalue weighted by Gasteiger charge is -2.16. The lowest BCUT2D eigenvalue weighted by Crippen LogP contribution is -2.19. The molecule has 2 rings (SSSR count). The van der Waals surface area contributed by atoms with E-state index in [4.69, 9.17) is 0 Å². The van der Waals surface area contributed by atoms with Gasteiger partial charge in [-0.1, -0.05) is 18.2 Å². The first-order valence-electron chi connectivity index (χ1n) is 8.96. The Morgan fingerprint density at radius 1 is 1.26 bits per heavy atom. The molecule has 1 aromatic heterocycles. The van der Waals surface area contributed by atoms with Crippen molar-refractivity contribution in [3.05, 3.63) is 65.5 Å². The molecule has 0 spiro atoms. The Balaban J connectivity index is 2.33. The van der Waals surface area contributed by atoms with E-state index in [9.17, 15) is 4.79 Å². The lowest BCUT2D eigenvalue weighted by molar-refractivity contribution is -0.104. The van der Waals surface area contributed by atoms with Crippen LogP contribution < -0.4 is 10.6 Å². The Morgan fingerprint density at radius 2 is 2.07 bits per heavy atom. The summed E-state index contributed by atoms with van der Waals surface area (Å²) in [6.45, 7) is 4.63. The number of carbonyl (C=O) groups excluding carboxylic acids is 1. The smallest absolute Gasteiger partial charge is 0.147 e. The normalized spacial score (nSPS) is 12.5. The summed E-state index contributed by atoms with van der Waals surface area (Å²) in [6, 6.07) is 12.4. The average molecular weight is 382 g/mol. The Kier molecular flexibility index (Phi) is 8.30. The molecular formula is C22H27N3OS. The van der Waals surface area contributed by atoms with E-state index in [1.165, 1.54) is 4.90 Å². The zero-order valence-electron chi connectivity index (χ0n) is 16.4. The molecule has 0 fully saturated rings. The third-order valence-electron chi connectivity index (χ3n) is 4.29. The van der Waals surface area contributed by atoms with Gasteiger partial charge in [0.05, 0.1) is 5.69 Å². The number of hydrogen-bond donors (Lipinski definition) is 2. The van der Waals surface area contributed by atoms with Crippen LogP contribution in [0.25, 0.3) is 17.0 Å². The van der Waals surface area contributed by atoms with Gasteiger partial charge in [-0.2, -0.15) is 0 Å². The molecule has 0 aliphatic heterocycles. The van der Waals surface area contributed by atoms with Crippen molar-refractivity contribution in [3.8, 4) is 11.3 Å². The minimum atomic E-state index is 0.714. The van der Waals surface area contributed by atoms with E-state index in [1.54, 1.807) is 11.8 Å². The summed E-state index contributed by atoms with van der Waals surface area (Å²) in [5.41, 5.74) is 5.66. The molecule has 142 valence electrons. The van der Waals surface area contributed by atoms with E-state index in [2.05, 4.69) is 52.2 Å². The maximum atomic E-state index is 11.3. The van der Waals surface area contributed by atoms with Gasteiger partial charge in [0, 0.05) is 52.2 Å². The predicted octanol–water partition coefficient (Wildman–Crippen LogP) is 4.50. The van der Waals surface area contributed by atoms with Crippen LogP contribution in [0.15, 0.2) is 64.8 Å². The molecule has 27 heavy (non-hydrogen) atoms. The van der Waals surface area contributed by atoms with Crippen molar-refractivity contribution in [1.82, 2.24) is 15.6 Å². The molecule has 4 nitrogen and oxygen atoms in total. The van der Waals surface area contributed by atoms with Gasteiger partial charge in [0.15, 0.2) is 0 Å². The van der Waals surface area contributed by atoms with Crippen LogP contribution >= 0.6 is 11.8 Å². The van der Waals surface area contributed by atoms with Crippen LogP contribution in [0.5, 0.6) is 0 Å². The molecule has 2 N–H and O–H groups in total. The number of carbonyl (C=O) groups is 1. The third-order valence-corrected chi connectivity index (χ3v) is 5.01. The lowest BCUT2D eigenvalue weighted by atomic mass is 10.1. The average Bonchev–Trinajstić information content (AvgIpc) is 2.73. The van der Waals surface area contributed by atoms with E-state index < -0.39 is 0 Å². The summed E-state index contributed by atoms with van der Waals surface area (Å²) in [7, 11) is 1.91. The van der Waals surface area contributed by atoms with Gasteiger partial charge in [-0.05, 0) is 51.4 Å². The zero-order chi connectivity index (χ0) is 19.6. The second kappa shape index (κ2) is 10.7. The highest BCUT2D eigenvalue weighted by atomic mass is 32.2. The SMILES string of the molecule is C/C=C(\N/C(CCNC)=C(\C)C=O)c1ccnc(-c2cccc(SC)c2)c1. The van der Waals surface area contributed by atoms with Gasteiger partial charge in [-0.25, -0.2) is 0 Å². The first kappa shape index (κ1) is 20.9. The maximum absolute atomic E-state index is 11.3. The van der Waals surface area contributed by atoms with Gasteiger partial charge < -0.3 is 10.6 Å². The molecule has 0 bridgehead atoms. The molecule has 0 aliphatic rings. The van der Waals surface area contributed by atoms with Crippen LogP contribution in [0.1, 0.15) is 25.8 Å². The van der Waals surface area contributed by atoms with Gasteiger partial charge in [0.2, 0.25) is 0 Å². The van der Waals surface area contributed by atoms with E-state index in [0.717, 1.165) is 47.5 Å². The third kappa shape index (κ3) is 5.81. The van der Waals surface area contributed by atoms with Crippen molar-refractivity contribution >= 4 is 23.7 Å². The second-order valence-electron chi connectivity index (χ2n) is 6.12. The summed E-state index contributed by atoms with van der Waals surface area (Å²) in [6.07, 6.45) is 7.57. The maximum Gasteiger partial charge on any atom is 0.147 e. The van der Waals surface area contributed by atoms with Crippen molar-refractivity contribution < 1.29 is 4.79 Å². The first-order chi connectivity index (χ1) is 13.1. The van der Waals surface area contributed by atoms with Crippen molar-refractivity contribution in [2.24, 2.45) is 0 Å². The zero-order valence-corrected chi connectivity index (χ0v) is 17.2. The van der Waals surface area contributed by atoms with Gasteiger partial charge in [0.1, 0.15) is 6.29 Å². The summed E-state index contributed by atoms with van der Waals surface area (Å²) >= 11 is 1.72. The molecule has 0 saturated heterocycles. The summed E-state index contributed by atoms with van der Waals surface area (Å²) in [4.78, 5) is 17.0. The minimum Gasteiger partial charge on any atom is -0.358 e. The Bertz CT molecular complexity index is 843. The summed E-state index contributed by atoms with van der Waals surface area (Å²) in [5, 5.41) is 6.57. The molecule has 0 atom stereocenters. The minimum absolute atomic E-state index is 0.714. The number of nitrogens with one attached hydrogen (secondary N) is 2. The van der Waals surface area contributed by atoms with Crippen LogP contribution in [0.3, 0.4) is 0 Å². The van der Waals surface area contributed by atoms with E-state index in [0.29, 0.717) is 5.57 Å². The highest BCUT2D eigenvalue weighted by molar-refractivity contribution is 7.98. The van der Waals surface area contributed by atoms with Crippen molar-refractivity contribution in [3.63, 3.8) is 0 Å². The number of aldehydes is 1. The monoisotopic (exact) mass is 381 g/mol. The molecule has 5 heteroatoms. The number of aromatic nitrogens is 1. The number of thioether (sulfide) groups is 1. The van der Waals surface area contributed by atoms with Crippen molar-refractivity contribution in [2.75, 3.05) is 19.8 Å². The topological polar surface area (TPSA) is 54.0 Å². The Labute approximate surface area is 166 Å². The molecule has 0 saturated carbocycles. The molecule has 0 aliphatic carbocycles. The molecule has 0 unspecified atom stereocenters. The summed E-state index contributed by atoms with van der Waals surface area (Å²) < 4.78 is 0. The van der Waals surface area contributed by atoms with Crippen LogP contribution in [0, 0.1) is 0 Å². The highest BCUT2D eigenvalue weighted by Gasteiger charge is 2.09. The second-order valence-corrected chi connectivity index (χ2v) is 7.00. The standard InChI is InChI=1S/C22H27N3OS/c1-5-20(25-21(10-11-23-3)16(2)15-26)18-9-12-24-22(14-18)17-7-6-8-19(13-17)27-4/h5-9,12-15,23,25H,10-11H2,1-4H3/b20-5-,21-16+. The van der Waals surface area contributed by atoms with Crippen LogP contribution in [-0.2, 0) is 4.79 Å². The van der Waals surface area contributed by atoms with Gasteiger partial charge >= 0.3 is 0 Å². The van der Waals surface area contributed by atoms with Gasteiger partial charge in [-0.15, -0.1) is 11.8 Å². The Morgan fingerprint density at radius 3 is 2.74 bits per heavy atom. The predicted molar refractivity (Wildman–Crippen MR) is 116 cm³/mol. The first-order valence-corrected chi connectivity index (χ1v) is 10.2. The molecule has 1 aromatic carbocycles. The fourth-order valence-electron chi connectivity index (χ4n) is 2.69. The van der Waals surface area contributed by atoms with Crippen LogP contribution in [0.2, 0.25) is 0 Å². The summed E-state index contributed by atoms with van der Waals surface area (Å²) in [5.74, 6) is 0. The van der Waals surface area contributed by atoms with E-state index in [1.807, 2.05) is 39.2 Å². The number of benzene rings is 1. The Hall–Kier alpha value is -2.37. The largest absolute Gasteiger partial charge is 0.358 e. The van der Waals surface area contributed by atoms with Crippen molar-refractivity contribution in [1.29, 1.82) is 0 Å². The van der Waals surface area contributed by atoms with E-state index >= 15 is 0 Å². The quantitative estimate of drug-likeness (QED) is 0.380. The van der Waals surface area contributed by atoms with Crippen LogP contribution in [-0.4, -0.2) is 31.1 Å². The fourth-order valence-corrected chi connectivity index (χ4v) is 3.15. The molecule has 0 amide bonds. The van der Waals surface area contributed by atoms with Crippen LogP contribution in [0.4, 0.5) is 0 Å². The van der Waals surface area contributed by atoms with E-state index in [-0.39, 0.29) is 0 Å². The molecule has 0 radical (unpaired) electrons. The van der Waals surface area contributed by atoms with Gasteiger partial charge in [0.25, 0.3) is 0 Å². The number of hydrogen-bond acceptors (Lipinski definition) is 5. The number of nitrogens with zero attached hydrogens (tertiary/aromatic N) is 1. The van der Waals surface area contributed by atoms with Crippen molar-refractivity contribution in [2.45, 2.75) is 25.2 Å². The van der Waals surface area contributed by atoms with Gasteiger partial charge in [-0.3, -0.25) is 9.78 Å². The fraction of sp³-hybridized carbons (Fsp3) is 0.273. The number of pyridine rings is 1. The molecular weight excluding hydrogens is 354 g/mol. The number of allylic oxidation sites excluding steroid dienone is 2. The number of rotatable bonds is 9.